The van der Waals surface area contributed by atoms with Gasteiger partial charge in [0.05, 0.1) is 6.10 Å². The van der Waals surface area contributed by atoms with Gasteiger partial charge in [-0.15, -0.1) is 0 Å². The number of aliphatic hydroxyl groups is 1. The van der Waals surface area contributed by atoms with Gasteiger partial charge >= 0.3 is 5.97 Å². The average molecular weight is 202 g/mol. The summed E-state index contributed by atoms with van der Waals surface area (Å²) in [4.78, 5) is 10.2. The highest BCUT2D eigenvalue weighted by molar-refractivity contribution is 5.66. The molecule has 0 fully saturated rings. The molecule has 3 heteroatoms. The summed E-state index contributed by atoms with van der Waals surface area (Å²) in [6.45, 7) is 1.81. The van der Waals surface area contributed by atoms with Crippen molar-refractivity contribution in [1.29, 1.82) is 0 Å². The summed E-state index contributed by atoms with van der Waals surface area (Å²) in [6, 6.07) is 0. The van der Waals surface area contributed by atoms with E-state index < -0.39 is 5.97 Å². The van der Waals surface area contributed by atoms with Crippen molar-refractivity contribution in [2.45, 2.75) is 64.4 Å². The molecule has 14 heavy (non-hydrogen) atoms. The molecule has 0 radical (unpaired) electrons. The van der Waals surface area contributed by atoms with Crippen molar-refractivity contribution < 1.29 is 15.0 Å². The smallest absolute Gasteiger partial charge is 0.303 e. The van der Waals surface area contributed by atoms with Gasteiger partial charge in [0.25, 0.3) is 0 Å². The Morgan fingerprint density at radius 1 is 1.07 bits per heavy atom. The van der Waals surface area contributed by atoms with Crippen molar-refractivity contribution in [2.24, 2.45) is 0 Å². The Kier molecular flexibility index (Phi) is 8.64. The minimum absolute atomic E-state index is 0.179. The number of rotatable bonds is 9. The minimum Gasteiger partial charge on any atom is -0.481 e. The van der Waals surface area contributed by atoms with E-state index in [0.717, 1.165) is 44.9 Å². The molecule has 1 atom stereocenters. The van der Waals surface area contributed by atoms with Gasteiger partial charge in [-0.2, -0.15) is 0 Å². The molecule has 0 saturated carbocycles. The van der Waals surface area contributed by atoms with Gasteiger partial charge in [0.2, 0.25) is 0 Å². The van der Waals surface area contributed by atoms with E-state index in [-0.39, 0.29) is 6.10 Å². The van der Waals surface area contributed by atoms with Crippen molar-refractivity contribution in [3.05, 3.63) is 0 Å². The lowest BCUT2D eigenvalue weighted by Crippen LogP contribution is -1.98. The second kappa shape index (κ2) is 9.00. The SMILES string of the molecule is CC(O)CCCCCCCCC(=O)O. The molecule has 2 N–H and O–H groups in total. The topological polar surface area (TPSA) is 57.5 Å². The summed E-state index contributed by atoms with van der Waals surface area (Å²) >= 11 is 0. The molecule has 0 heterocycles. The molecule has 0 rings (SSSR count). The molecule has 0 aromatic carbocycles. The highest BCUT2D eigenvalue weighted by Crippen LogP contribution is 2.09. The number of hydrogen-bond acceptors (Lipinski definition) is 2. The molecule has 0 spiro atoms. The maximum Gasteiger partial charge on any atom is 0.303 e. The van der Waals surface area contributed by atoms with E-state index in [0.29, 0.717) is 6.42 Å². The van der Waals surface area contributed by atoms with Crippen molar-refractivity contribution in [3.63, 3.8) is 0 Å². The second-order valence-corrected chi connectivity index (χ2v) is 3.90. The lowest BCUT2D eigenvalue weighted by atomic mass is 10.1. The van der Waals surface area contributed by atoms with Crippen LogP contribution in [0.15, 0.2) is 0 Å². The van der Waals surface area contributed by atoms with Gasteiger partial charge in [-0.25, -0.2) is 0 Å². The molecule has 1 unspecified atom stereocenters. The predicted molar refractivity (Wildman–Crippen MR) is 56.3 cm³/mol. The predicted octanol–water partition coefficient (Wildman–Crippen LogP) is 2.57. The van der Waals surface area contributed by atoms with Crippen LogP contribution >= 0.6 is 0 Å². The standard InChI is InChI=1S/C11H22O3/c1-10(12)8-6-4-2-3-5-7-9-11(13)14/h10,12H,2-9H2,1H3,(H,13,14). The van der Waals surface area contributed by atoms with Crippen molar-refractivity contribution in [3.8, 4) is 0 Å². The van der Waals surface area contributed by atoms with E-state index in [1.54, 1.807) is 0 Å². The maximum absolute atomic E-state index is 10.2. The number of carboxylic acids is 1. The molecular weight excluding hydrogens is 180 g/mol. The zero-order valence-corrected chi connectivity index (χ0v) is 9.04. The van der Waals surface area contributed by atoms with Crippen LogP contribution in [-0.2, 0) is 4.79 Å². The number of hydrogen-bond donors (Lipinski definition) is 2. The normalized spacial score (nSPS) is 12.7. The van der Waals surface area contributed by atoms with Crippen LogP contribution < -0.4 is 0 Å². The van der Waals surface area contributed by atoms with Gasteiger partial charge in [0.1, 0.15) is 0 Å². The third-order valence-corrected chi connectivity index (χ3v) is 2.26. The molecule has 0 amide bonds. The zero-order chi connectivity index (χ0) is 10.8. The monoisotopic (exact) mass is 202 g/mol. The summed E-state index contributed by atoms with van der Waals surface area (Å²) in [5.41, 5.74) is 0. The summed E-state index contributed by atoms with van der Waals surface area (Å²) in [5, 5.41) is 17.4. The van der Waals surface area contributed by atoms with Crippen LogP contribution in [-0.4, -0.2) is 22.3 Å². The highest BCUT2D eigenvalue weighted by atomic mass is 16.4. The number of aliphatic carboxylic acids is 1. The first-order valence-electron chi connectivity index (χ1n) is 5.53. The molecule has 0 aromatic heterocycles. The molecule has 3 nitrogen and oxygen atoms in total. The third kappa shape index (κ3) is 11.4. The molecular formula is C11H22O3. The number of unbranched alkanes of at least 4 members (excludes halogenated alkanes) is 5. The van der Waals surface area contributed by atoms with E-state index in [9.17, 15) is 4.79 Å². The Balaban J connectivity index is 2.96. The fourth-order valence-electron chi connectivity index (χ4n) is 1.42. The van der Waals surface area contributed by atoms with Crippen molar-refractivity contribution >= 4 is 5.97 Å². The Morgan fingerprint density at radius 2 is 1.57 bits per heavy atom. The molecule has 84 valence electrons. The zero-order valence-electron chi connectivity index (χ0n) is 9.04. The first kappa shape index (κ1) is 13.4. The third-order valence-electron chi connectivity index (χ3n) is 2.26. The van der Waals surface area contributed by atoms with Gasteiger partial charge in [-0.1, -0.05) is 32.1 Å². The van der Waals surface area contributed by atoms with E-state index >= 15 is 0 Å². The van der Waals surface area contributed by atoms with Gasteiger partial charge < -0.3 is 10.2 Å². The molecule has 0 aromatic rings. The quantitative estimate of drug-likeness (QED) is 0.565. The Labute approximate surface area is 86.1 Å². The average Bonchev–Trinajstić information content (AvgIpc) is 2.08. The lowest BCUT2D eigenvalue weighted by molar-refractivity contribution is -0.137. The molecule has 0 bridgehead atoms. The van der Waals surface area contributed by atoms with Crippen molar-refractivity contribution in [2.75, 3.05) is 0 Å². The first-order chi connectivity index (χ1) is 6.63. The number of aliphatic hydroxyl groups excluding tert-OH is 1. The van der Waals surface area contributed by atoms with Crippen LogP contribution in [0.25, 0.3) is 0 Å². The fourth-order valence-corrected chi connectivity index (χ4v) is 1.42. The van der Waals surface area contributed by atoms with Crippen LogP contribution in [0, 0.1) is 0 Å². The first-order valence-corrected chi connectivity index (χ1v) is 5.53. The summed E-state index contributed by atoms with van der Waals surface area (Å²) in [6.07, 6.45) is 7.32. The van der Waals surface area contributed by atoms with Crippen LogP contribution in [0.2, 0.25) is 0 Å². The summed E-state index contributed by atoms with van der Waals surface area (Å²) < 4.78 is 0. The molecule has 0 aliphatic heterocycles. The van der Waals surface area contributed by atoms with Gasteiger partial charge in [0.15, 0.2) is 0 Å². The highest BCUT2D eigenvalue weighted by Gasteiger charge is 1.97. The summed E-state index contributed by atoms with van der Waals surface area (Å²) in [7, 11) is 0. The molecule has 0 saturated heterocycles. The maximum atomic E-state index is 10.2. The summed E-state index contributed by atoms with van der Waals surface area (Å²) in [5.74, 6) is -0.695. The minimum atomic E-state index is -0.695. The Morgan fingerprint density at radius 3 is 2.07 bits per heavy atom. The Hall–Kier alpha value is -0.570. The fraction of sp³-hybridized carbons (Fsp3) is 0.909. The van der Waals surface area contributed by atoms with Gasteiger partial charge in [-0.3, -0.25) is 4.79 Å². The van der Waals surface area contributed by atoms with E-state index in [1.165, 1.54) is 0 Å². The van der Waals surface area contributed by atoms with E-state index in [1.807, 2.05) is 6.92 Å². The van der Waals surface area contributed by atoms with Crippen LogP contribution in [0.1, 0.15) is 58.3 Å². The van der Waals surface area contributed by atoms with Crippen LogP contribution in [0.5, 0.6) is 0 Å². The number of carbonyl (C=O) groups is 1. The lowest BCUT2D eigenvalue weighted by Gasteiger charge is -2.03. The van der Waals surface area contributed by atoms with Crippen LogP contribution in [0.4, 0.5) is 0 Å². The largest absolute Gasteiger partial charge is 0.481 e. The van der Waals surface area contributed by atoms with Crippen molar-refractivity contribution in [1.82, 2.24) is 0 Å². The van der Waals surface area contributed by atoms with E-state index in [4.69, 9.17) is 10.2 Å². The molecule has 0 aliphatic rings. The van der Waals surface area contributed by atoms with Crippen LogP contribution in [0.3, 0.4) is 0 Å². The molecule has 0 aliphatic carbocycles. The van der Waals surface area contributed by atoms with E-state index in [2.05, 4.69) is 0 Å². The van der Waals surface area contributed by atoms with Gasteiger partial charge in [0, 0.05) is 6.42 Å². The Bertz CT molecular complexity index is 143. The second-order valence-electron chi connectivity index (χ2n) is 3.90. The number of carboxylic acid groups (broad SMARTS) is 1. The van der Waals surface area contributed by atoms with Gasteiger partial charge in [-0.05, 0) is 19.8 Å².